The highest BCUT2D eigenvalue weighted by molar-refractivity contribution is 5.89. The Morgan fingerprint density at radius 2 is 2.18 bits per heavy atom. The van der Waals surface area contributed by atoms with Crippen LogP contribution in [0.5, 0.6) is 0 Å². The van der Waals surface area contributed by atoms with Gasteiger partial charge in [0.05, 0.1) is 12.3 Å². The SMILES string of the molecule is CCOC(=O)c1nn(-c2ccccc2F)c2c1CN(C)CC2. The number of hydrogen-bond donors (Lipinski definition) is 0. The lowest BCUT2D eigenvalue weighted by Crippen LogP contribution is -2.28. The fourth-order valence-electron chi connectivity index (χ4n) is 2.74. The first-order valence-electron chi connectivity index (χ1n) is 7.33. The van der Waals surface area contributed by atoms with E-state index in [0.29, 0.717) is 18.7 Å². The van der Waals surface area contributed by atoms with E-state index in [1.807, 2.05) is 7.05 Å². The Hall–Kier alpha value is -2.21. The van der Waals surface area contributed by atoms with Gasteiger partial charge in [-0.05, 0) is 26.1 Å². The fraction of sp³-hybridized carbons (Fsp3) is 0.375. The third-order valence-electron chi connectivity index (χ3n) is 3.80. The molecule has 0 saturated carbocycles. The third-order valence-corrected chi connectivity index (χ3v) is 3.80. The molecule has 2 aromatic rings. The zero-order valence-electron chi connectivity index (χ0n) is 12.7. The largest absolute Gasteiger partial charge is 0.461 e. The molecule has 0 spiro atoms. The molecule has 0 unspecified atom stereocenters. The summed E-state index contributed by atoms with van der Waals surface area (Å²) in [6.07, 6.45) is 0.715. The van der Waals surface area contributed by atoms with Crippen molar-refractivity contribution in [2.24, 2.45) is 0 Å². The van der Waals surface area contributed by atoms with E-state index in [2.05, 4.69) is 10.00 Å². The minimum atomic E-state index is -0.455. The molecule has 0 bridgehead atoms. The average molecular weight is 303 g/mol. The number of rotatable bonds is 3. The molecule has 0 radical (unpaired) electrons. The number of ether oxygens (including phenoxy) is 1. The van der Waals surface area contributed by atoms with Crippen LogP contribution in [0.15, 0.2) is 24.3 Å². The van der Waals surface area contributed by atoms with Gasteiger partial charge in [-0.2, -0.15) is 5.10 Å². The van der Waals surface area contributed by atoms with Gasteiger partial charge in [0, 0.05) is 25.1 Å². The quantitative estimate of drug-likeness (QED) is 0.815. The molecule has 0 N–H and O–H groups in total. The summed E-state index contributed by atoms with van der Waals surface area (Å²) in [6, 6.07) is 6.44. The molecule has 2 heterocycles. The molecule has 1 aliphatic rings. The molecule has 0 fully saturated rings. The van der Waals surface area contributed by atoms with Gasteiger partial charge in [-0.15, -0.1) is 0 Å². The minimum absolute atomic E-state index is 0.284. The van der Waals surface area contributed by atoms with Crippen LogP contribution in [-0.4, -0.2) is 40.8 Å². The first-order valence-corrected chi connectivity index (χ1v) is 7.33. The van der Waals surface area contributed by atoms with Crippen LogP contribution in [0.4, 0.5) is 4.39 Å². The normalized spacial score (nSPS) is 14.7. The maximum Gasteiger partial charge on any atom is 0.359 e. The molecule has 22 heavy (non-hydrogen) atoms. The monoisotopic (exact) mass is 303 g/mol. The van der Waals surface area contributed by atoms with E-state index in [4.69, 9.17) is 4.74 Å². The van der Waals surface area contributed by atoms with E-state index in [1.165, 1.54) is 6.07 Å². The molecule has 0 aliphatic carbocycles. The molecule has 1 aromatic carbocycles. The first-order chi connectivity index (χ1) is 10.6. The highest BCUT2D eigenvalue weighted by atomic mass is 19.1. The van der Waals surface area contributed by atoms with Crippen molar-refractivity contribution < 1.29 is 13.9 Å². The predicted octanol–water partition coefficient (Wildman–Crippen LogP) is 2.18. The van der Waals surface area contributed by atoms with E-state index >= 15 is 0 Å². The summed E-state index contributed by atoms with van der Waals surface area (Å²) in [5.74, 6) is -0.814. The van der Waals surface area contributed by atoms with Crippen LogP contribution < -0.4 is 0 Å². The molecule has 1 aliphatic heterocycles. The Morgan fingerprint density at radius 3 is 2.91 bits per heavy atom. The van der Waals surface area contributed by atoms with Crippen LogP contribution in [-0.2, 0) is 17.7 Å². The van der Waals surface area contributed by atoms with E-state index in [1.54, 1.807) is 29.8 Å². The maximum absolute atomic E-state index is 14.1. The van der Waals surface area contributed by atoms with Gasteiger partial charge in [0.1, 0.15) is 11.5 Å². The van der Waals surface area contributed by atoms with Gasteiger partial charge in [-0.25, -0.2) is 13.9 Å². The summed E-state index contributed by atoms with van der Waals surface area (Å²) < 4.78 is 20.7. The number of hydrogen-bond acceptors (Lipinski definition) is 4. The van der Waals surface area contributed by atoms with Crippen molar-refractivity contribution in [2.75, 3.05) is 20.2 Å². The van der Waals surface area contributed by atoms with Crippen molar-refractivity contribution in [1.82, 2.24) is 14.7 Å². The lowest BCUT2D eigenvalue weighted by Gasteiger charge is -2.23. The summed E-state index contributed by atoms with van der Waals surface area (Å²) in [5.41, 5.74) is 2.35. The van der Waals surface area contributed by atoms with E-state index in [-0.39, 0.29) is 18.1 Å². The van der Waals surface area contributed by atoms with Crippen molar-refractivity contribution in [3.8, 4) is 5.69 Å². The summed E-state index contributed by atoms with van der Waals surface area (Å²) >= 11 is 0. The Kier molecular flexibility index (Phi) is 3.94. The topological polar surface area (TPSA) is 47.4 Å². The maximum atomic E-state index is 14.1. The summed E-state index contributed by atoms with van der Waals surface area (Å²) in [4.78, 5) is 14.3. The minimum Gasteiger partial charge on any atom is -0.461 e. The average Bonchev–Trinajstić information content (AvgIpc) is 2.86. The van der Waals surface area contributed by atoms with Crippen molar-refractivity contribution in [1.29, 1.82) is 0 Å². The Morgan fingerprint density at radius 1 is 1.41 bits per heavy atom. The van der Waals surface area contributed by atoms with Crippen LogP contribution in [0.1, 0.15) is 28.7 Å². The number of fused-ring (bicyclic) bond motifs is 1. The number of halogens is 1. The van der Waals surface area contributed by atoms with Crippen molar-refractivity contribution >= 4 is 5.97 Å². The summed E-state index contributed by atoms with van der Waals surface area (Å²) in [6.45, 7) is 3.49. The number of benzene rings is 1. The molecule has 0 saturated heterocycles. The third kappa shape index (κ3) is 2.50. The molecule has 3 rings (SSSR count). The van der Waals surface area contributed by atoms with E-state index in [9.17, 15) is 9.18 Å². The number of nitrogens with zero attached hydrogens (tertiary/aromatic N) is 3. The highest BCUT2D eigenvalue weighted by Crippen LogP contribution is 2.26. The van der Waals surface area contributed by atoms with E-state index in [0.717, 1.165) is 17.8 Å². The molecule has 1 aromatic heterocycles. The van der Waals surface area contributed by atoms with Crippen LogP contribution in [0.2, 0.25) is 0 Å². The molecule has 5 nitrogen and oxygen atoms in total. The Bertz CT molecular complexity index is 711. The molecular weight excluding hydrogens is 285 g/mol. The second-order valence-corrected chi connectivity index (χ2v) is 5.35. The Balaban J connectivity index is 2.14. The van der Waals surface area contributed by atoms with E-state index < -0.39 is 5.97 Å². The smallest absolute Gasteiger partial charge is 0.359 e. The number of likely N-dealkylation sites (N-methyl/N-ethyl adjacent to an activating group) is 1. The lowest BCUT2D eigenvalue weighted by atomic mass is 10.1. The lowest BCUT2D eigenvalue weighted by molar-refractivity contribution is 0.0516. The second-order valence-electron chi connectivity index (χ2n) is 5.35. The van der Waals surface area contributed by atoms with Gasteiger partial charge in [0.2, 0.25) is 0 Å². The summed E-state index contributed by atoms with van der Waals surface area (Å²) in [5, 5.41) is 4.35. The van der Waals surface area contributed by atoms with Crippen molar-refractivity contribution in [3.05, 3.63) is 47.0 Å². The summed E-state index contributed by atoms with van der Waals surface area (Å²) in [7, 11) is 1.98. The van der Waals surface area contributed by atoms with Gasteiger partial charge in [-0.3, -0.25) is 0 Å². The van der Waals surface area contributed by atoms with Gasteiger partial charge >= 0.3 is 5.97 Å². The number of carbonyl (C=O) groups is 1. The molecule has 6 heteroatoms. The number of para-hydroxylation sites is 1. The standard InChI is InChI=1S/C16H18FN3O2/c1-3-22-16(21)15-11-10-19(2)9-8-13(11)20(18-15)14-7-5-4-6-12(14)17/h4-7H,3,8-10H2,1-2H3. The molecule has 0 amide bonds. The molecular formula is C16H18FN3O2. The van der Waals surface area contributed by atoms with Crippen LogP contribution >= 0.6 is 0 Å². The number of aromatic nitrogens is 2. The fourth-order valence-corrected chi connectivity index (χ4v) is 2.74. The molecule has 116 valence electrons. The highest BCUT2D eigenvalue weighted by Gasteiger charge is 2.28. The van der Waals surface area contributed by atoms with Gasteiger partial charge < -0.3 is 9.64 Å². The molecule has 0 atom stereocenters. The predicted molar refractivity (Wildman–Crippen MR) is 79.5 cm³/mol. The van der Waals surface area contributed by atoms with Gasteiger partial charge in [0.25, 0.3) is 0 Å². The zero-order valence-corrected chi connectivity index (χ0v) is 12.7. The second kappa shape index (κ2) is 5.88. The van der Waals surface area contributed by atoms with Crippen molar-refractivity contribution in [2.45, 2.75) is 19.9 Å². The van der Waals surface area contributed by atoms with Gasteiger partial charge in [-0.1, -0.05) is 12.1 Å². The van der Waals surface area contributed by atoms with Crippen LogP contribution in [0.25, 0.3) is 5.69 Å². The number of carbonyl (C=O) groups excluding carboxylic acids is 1. The number of esters is 1. The van der Waals surface area contributed by atoms with Crippen LogP contribution in [0, 0.1) is 5.82 Å². The van der Waals surface area contributed by atoms with Gasteiger partial charge in [0.15, 0.2) is 5.69 Å². The van der Waals surface area contributed by atoms with Crippen molar-refractivity contribution in [3.63, 3.8) is 0 Å². The first kappa shape index (κ1) is 14.7. The van der Waals surface area contributed by atoms with Crippen LogP contribution in [0.3, 0.4) is 0 Å². The zero-order chi connectivity index (χ0) is 15.7. The Labute approximate surface area is 128 Å².